The van der Waals surface area contributed by atoms with Crippen LogP contribution in [0.2, 0.25) is 0 Å². The van der Waals surface area contributed by atoms with Crippen LogP contribution in [0, 0.1) is 6.92 Å². The molecular weight excluding hydrogens is 304 g/mol. The predicted molar refractivity (Wildman–Crippen MR) is 92.3 cm³/mol. The van der Waals surface area contributed by atoms with Gasteiger partial charge in [0.25, 0.3) is 0 Å². The lowest BCUT2D eigenvalue weighted by Crippen LogP contribution is -2.27. The normalized spacial score (nSPS) is 10.2. The molecule has 1 aromatic heterocycles. The van der Waals surface area contributed by atoms with Gasteiger partial charge in [-0.05, 0) is 61.0 Å². The minimum Gasteiger partial charge on any atom is -0.467 e. The van der Waals surface area contributed by atoms with E-state index in [1.165, 1.54) is 0 Å². The summed E-state index contributed by atoms with van der Waals surface area (Å²) in [5.41, 5.74) is 1.82. The third-order valence-electron chi connectivity index (χ3n) is 3.34. The van der Waals surface area contributed by atoms with Gasteiger partial charge < -0.3 is 19.8 Å². The lowest BCUT2D eigenvalue weighted by molar-refractivity contribution is 0.251. The van der Waals surface area contributed by atoms with Gasteiger partial charge in [-0.15, -0.1) is 0 Å². The molecule has 0 fully saturated rings. The molecule has 24 heavy (non-hydrogen) atoms. The summed E-state index contributed by atoms with van der Waals surface area (Å²) < 4.78 is 10.9. The monoisotopic (exact) mass is 322 g/mol. The van der Waals surface area contributed by atoms with Gasteiger partial charge in [0.1, 0.15) is 17.3 Å². The molecule has 0 aliphatic heterocycles. The number of amides is 2. The van der Waals surface area contributed by atoms with Crippen LogP contribution in [0.25, 0.3) is 0 Å². The van der Waals surface area contributed by atoms with E-state index in [1.807, 2.05) is 43.3 Å². The molecule has 0 saturated heterocycles. The number of anilines is 1. The molecule has 122 valence electrons. The molecule has 5 heteroatoms. The highest BCUT2D eigenvalue weighted by atomic mass is 16.5. The van der Waals surface area contributed by atoms with E-state index >= 15 is 0 Å². The van der Waals surface area contributed by atoms with Gasteiger partial charge in [-0.2, -0.15) is 0 Å². The van der Waals surface area contributed by atoms with Crippen molar-refractivity contribution in [2.75, 3.05) is 5.32 Å². The van der Waals surface area contributed by atoms with E-state index in [1.54, 1.807) is 30.5 Å². The fourth-order valence-electron chi connectivity index (χ4n) is 2.18. The quantitative estimate of drug-likeness (QED) is 0.715. The fourth-order valence-corrected chi connectivity index (χ4v) is 2.18. The third-order valence-corrected chi connectivity index (χ3v) is 3.34. The van der Waals surface area contributed by atoms with Crippen molar-refractivity contribution in [3.63, 3.8) is 0 Å². The third kappa shape index (κ3) is 4.39. The summed E-state index contributed by atoms with van der Waals surface area (Å²) in [6, 6.07) is 18.3. The van der Waals surface area contributed by atoms with E-state index < -0.39 is 0 Å². The van der Waals surface area contributed by atoms with Gasteiger partial charge in [-0.1, -0.05) is 12.1 Å². The second kappa shape index (κ2) is 7.37. The van der Waals surface area contributed by atoms with E-state index in [4.69, 9.17) is 9.15 Å². The number of carbonyl (C=O) groups excluding carboxylic acids is 1. The Morgan fingerprint density at radius 2 is 1.88 bits per heavy atom. The Balaban J connectivity index is 1.53. The van der Waals surface area contributed by atoms with Crippen molar-refractivity contribution in [1.82, 2.24) is 5.32 Å². The van der Waals surface area contributed by atoms with Crippen molar-refractivity contribution >= 4 is 11.7 Å². The summed E-state index contributed by atoms with van der Waals surface area (Å²) in [6.45, 7) is 2.36. The van der Waals surface area contributed by atoms with E-state index in [2.05, 4.69) is 10.6 Å². The van der Waals surface area contributed by atoms with Crippen LogP contribution >= 0.6 is 0 Å². The average Bonchev–Trinajstić information content (AvgIpc) is 3.08. The Kier molecular flexibility index (Phi) is 4.81. The molecule has 0 atom stereocenters. The molecular formula is C19H18N2O3. The molecule has 2 amide bonds. The molecule has 0 bridgehead atoms. The minimum absolute atomic E-state index is 0.293. The first-order valence-electron chi connectivity index (χ1n) is 7.61. The summed E-state index contributed by atoms with van der Waals surface area (Å²) >= 11 is 0. The van der Waals surface area contributed by atoms with Gasteiger partial charge in [0, 0.05) is 5.69 Å². The maximum absolute atomic E-state index is 11.8. The zero-order chi connectivity index (χ0) is 16.8. The number of urea groups is 1. The van der Waals surface area contributed by atoms with Crippen molar-refractivity contribution < 1.29 is 13.9 Å². The first-order valence-corrected chi connectivity index (χ1v) is 7.61. The van der Waals surface area contributed by atoms with Crippen LogP contribution in [-0.2, 0) is 6.54 Å². The van der Waals surface area contributed by atoms with Crippen molar-refractivity contribution in [1.29, 1.82) is 0 Å². The molecule has 0 saturated carbocycles. The molecule has 2 aromatic carbocycles. The highest BCUT2D eigenvalue weighted by Crippen LogP contribution is 2.23. The van der Waals surface area contributed by atoms with Gasteiger partial charge >= 0.3 is 6.03 Å². The molecule has 1 heterocycles. The molecule has 5 nitrogen and oxygen atoms in total. The highest BCUT2D eigenvalue weighted by Gasteiger charge is 2.04. The number of aryl methyl sites for hydroxylation is 1. The maximum Gasteiger partial charge on any atom is 0.319 e. The second-order valence-corrected chi connectivity index (χ2v) is 5.33. The van der Waals surface area contributed by atoms with Gasteiger partial charge in [0.2, 0.25) is 0 Å². The Bertz CT molecular complexity index is 796. The predicted octanol–water partition coefficient (Wildman–Crippen LogP) is 4.70. The maximum atomic E-state index is 11.8. The summed E-state index contributed by atoms with van der Waals surface area (Å²) in [4.78, 5) is 11.8. The zero-order valence-electron chi connectivity index (χ0n) is 13.3. The Morgan fingerprint density at radius 3 is 2.58 bits per heavy atom. The summed E-state index contributed by atoms with van der Waals surface area (Å²) in [5.74, 6) is 2.20. The number of furan rings is 1. The fraction of sp³-hybridized carbons (Fsp3) is 0.105. The van der Waals surface area contributed by atoms with Crippen LogP contribution in [0.4, 0.5) is 10.5 Å². The average molecular weight is 322 g/mol. The number of ether oxygens (including phenoxy) is 1. The largest absolute Gasteiger partial charge is 0.467 e. The van der Waals surface area contributed by atoms with E-state index in [0.717, 1.165) is 11.3 Å². The molecule has 3 rings (SSSR count). The molecule has 0 spiro atoms. The number of rotatable bonds is 5. The second-order valence-electron chi connectivity index (χ2n) is 5.33. The first kappa shape index (κ1) is 15.7. The molecule has 0 aliphatic carbocycles. The van der Waals surface area contributed by atoms with Crippen molar-refractivity contribution in [3.8, 4) is 11.5 Å². The number of hydrogen-bond donors (Lipinski definition) is 2. The van der Waals surface area contributed by atoms with E-state index in [0.29, 0.717) is 23.7 Å². The molecule has 2 N–H and O–H groups in total. The van der Waals surface area contributed by atoms with Crippen LogP contribution in [0.1, 0.15) is 11.3 Å². The summed E-state index contributed by atoms with van der Waals surface area (Å²) in [7, 11) is 0. The lowest BCUT2D eigenvalue weighted by Gasteiger charge is -2.09. The molecule has 0 radical (unpaired) electrons. The molecule has 3 aromatic rings. The summed E-state index contributed by atoms with van der Waals surface area (Å²) in [5, 5.41) is 5.48. The Labute approximate surface area is 140 Å². The van der Waals surface area contributed by atoms with Crippen molar-refractivity contribution in [2.45, 2.75) is 13.5 Å². The molecule has 0 unspecified atom stereocenters. The van der Waals surface area contributed by atoms with Crippen LogP contribution in [0.5, 0.6) is 11.5 Å². The summed E-state index contributed by atoms with van der Waals surface area (Å²) in [6.07, 6.45) is 1.57. The highest BCUT2D eigenvalue weighted by molar-refractivity contribution is 5.89. The van der Waals surface area contributed by atoms with Crippen molar-refractivity contribution in [2.24, 2.45) is 0 Å². The number of benzene rings is 2. The topological polar surface area (TPSA) is 63.5 Å². The van der Waals surface area contributed by atoms with Crippen molar-refractivity contribution in [3.05, 3.63) is 78.3 Å². The van der Waals surface area contributed by atoms with Gasteiger partial charge in [-0.25, -0.2) is 4.79 Å². The first-order chi connectivity index (χ1) is 11.7. The van der Waals surface area contributed by atoms with E-state index in [-0.39, 0.29) is 6.03 Å². The van der Waals surface area contributed by atoms with E-state index in [9.17, 15) is 4.79 Å². The minimum atomic E-state index is -0.293. The Morgan fingerprint density at radius 1 is 1.04 bits per heavy atom. The molecule has 0 aliphatic rings. The smallest absolute Gasteiger partial charge is 0.319 e. The van der Waals surface area contributed by atoms with Crippen LogP contribution in [-0.4, -0.2) is 6.03 Å². The van der Waals surface area contributed by atoms with Gasteiger partial charge in [0.15, 0.2) is 0 Å². The van der Waals surface area contributed by atoms with Crippen LogP contribution < -0.4 is 15.4 Å². The number of hydrogen-bond acceptors (Lipinski definition) is 3. The van der Waals surface area contributed by atoms with Crippen LogP contribution in [0.15, 0.2) is 71.3 Å². The lowest BCUT2D eigenvalue weighted by atomic mass is 10.2. The van der Waals surface area contributed by atoms with Gasteiger partial charge in [0.05, 0.1) is 12.8 Å². The number of nitrogens with one attached hydrogen (secondary N) is 2. The standard InChI is InChI=1S/C19H18N2O3/c1-14-4-2-5-17(12-14)24-16-9-7-15(8-10-16)21-19(22)20-13-18-6-3-11-23-18/h2-12H,13H2,1H3,(H2,20,21,22). The zero-order valence-corrected chi connectivity index (χ0v) is 13.3. The van der Waals surface area contributed by atoms with Crippen LogP contribution in [0.3, 0.4) is 0 Å². The SMILES string of the molecule is Cc1cccc(Oc2ccc(NC(=O)NCc3ccco3)cc2)c1. The Hall–Kier alpha value is -3.21. The van der Waals surface area contributed by atoms with Gasteiger partial charge in [-0.3, -0.25) is 0 Å². The number of carbonyl (C=O) groups is 1.